The van der Waals surface area contributed by atoms with Gasteiger partial charge in [-0.3, -0.25) is 0 Å². The highest BCUT2D eigenvalue weighted by molar-refractivity contribution is 5.74. The van der Waals surface area contributed by atoms with E-state index in [0.29, 0.717) is 32.9 Å². The summed E-state index contributed by atoms with van der Waals surface area (Å²) < 4.78 is 11.5. The molecule has 8 nitrogen and oxygen atoms in total. The van der Waals surface area contributed by atoms with Crippen molar-refractivity contribution in [2.45, 2.75) is 18.4 Å². The summed E-state index contributed by atoms with van der Waals surface area (Å²) in [4.78, 5) is 27.4. The van der Waals surface area contributed by atoms with E-state index in [1.807, 2.05) is 15.9 Å². The summed E-state index contributed by atoms with van der Waals surface area (Å²) in [7, 11) is 0. The van der Waals surface area contributed by atoms with Crippen molar-refractivity contribution in [3.05, 3.63) is 18.5 Å². The molecule has 0 atom stereocenters. The fraction of sp³-hybridized carbons (Fsp3) is 0.706. The van der Waals surface area contributed by atoms with Gasteiger partial charge in [-0.2, -0.15) is 0 Å². The van der Waals surface area contributed by atoms with Crippen LogP contribution in [0.25, 0.3) is 0 Å². The number of amides is 2. The molecule has 0 aliphatic carbocycles. The summed E-state index contributed by atoms with van der Waals surface area (Å²) in [5.41, 5.74) is -0.195. The van der Waals surface area contributed by atoms with E-state index in [1.165, 1.54) is 0 Å². The van der Waals surface area contributed by atoms with E-state index in [-0.39, 0.29) is 11.6 Å². The number of urea groups is 1. The molecule has 3 fully saturated rings. The van der Waals surface area contributed by atoms with Gasteiger partial charge in [-0.25, -0.2) is 14.8 Å². The number of rotatable bonds is 1. The van der Waals surface area contributed by atoms with Crippen molar-refractivity contribution in [1.29, 1.82) is 0 Å². The predicted molar refractivity (Wildman–Crippen MR) is 91.5 cm³/mol. The first-order valence-corrected chi connectivity index (χ1v) is 9.03. The number of hydrogen-bond acceptors (Lipinski definition) is 6. The Morgan fingerprint density at radius 3 is 2.36 bits per heavy atom. The molecule has 3 saturated heterocycles. The highest BCUT2D eigenvalue weighted by Gasteiger charge is 2.41. The molecule has 0 unspecified atom stereocenters. The molecule has 3 aliphatic heterocycles. The topological polar surface area (TPSA) is 71.0 Å². The molecule has 0 saturated carbocycles. The van der Waals surface area contributed by atoms with Crippen molar-refractivity contribution in [2.75, 3.05) is 64.0 Å². The van der Waals surface area contributed by atoms with Crippen LogP contribution in [0.1, 0.15) is 12.8 Å². The third-order valence-electron chi connectivity index (χ3n) is 5.31. The second-order valence-corrected chi connectivity index (χ2v) is 6.87. The van der Waals surface area contributed by atoms with Crippen molar-refractivity contribution in [2.24, 2.45) is 0 Å². The van der Waals surface area contributed by atoms with Crippen LogP contribution in [0.3, 0.4) is 0 Å². The average molecular weight is 347 g/mol. The van der Waals surface area contributed by atoms with E-state index < -0.39 is 0 Å². The van der Waals surface area contributed by atoms with Gasteiger partial charge in [-0.15, -0.1) is 0 Å². The largest absolute Gasteiger partial charge is 0.378 e. The lowest BCUT2D eigenvalue weighted by Gasteiger charge is -2.47. The van der Waals surface area contributed by atoms with Crippen LogP contribution in [0.2, 0.25) is 0 Å². The second kappa shape index (κ2) is 7.13. The summed E-state index contributed by atoms with van der Waals surface area (Å²) in [5.74, 6) is 0.761. The molecular formula is C17H25N5O3. The van der Waals surface area contributed by atoms with Crippen LogP contribution < -0.4 is 4.90 Å². The highest BCUT2D eigenvalue weighted by Crippen LogP contribution is 2.31. The maximum absolute atomic E-state index is 12.6. The van der Waals surface area contributed by atoms with Gasteiger partial charge in [0.2, 0.25) is 5.95 Å². The summed E-state index contributed by atoms with van der Waals surface area (Å²) in [6.07, 6.45) is 5.25. The molecule has 3 aliphatic rings. The van der Waals surface area contributed by atoms with Crippen LogP contribution in [0.4, 0.5) is 10.7 Å². The molecule has 25 heavy (non-hydrogen) atoms. The number of piperidine rings is 1. The number of nitrogens with zero attached hydrogens (tertiary/aromatic N) is 5. The van der Waals surface area contributed by atoms with Gasteiger partial charge in [0.25, 0.3) is 0 Å². The Hall–Kier alpha value is -1.93. The molecule has 1 aromatic rings. The first-order chi connectivity index (χ1) is 12.3. The van der Waals surface area contributed by atoms with Crippen molar-refractivity contribution >= 4 is 12.0 Å². The monoisotopic (exact) mass is 347 g/mol. The van der Waals surface area contributed by atoms with E-state index >= 15 is 0 Å². The molecule has 0 radical (unpaired) electrons. The standard InChI is InChI=1S/C17H25N5O3/c23-16(21-8-11-24-12-9-21)20-6-2-17(3-7-20)14-22(10-13-25-17)15-18-4-1-5-19-15/h1,4-5H,2-3,6-14H2. The Kier molecular flexibility index (Phi) is 4.72. The lowest BCUT2D eigenvalue weighted by molar-refractivity contribution is -0.0880. The Bertz CT molecular complexity index is 585. The number of carbonyl (C=O) groups excluding carboxylic acids is 1. The fourth-order valence-corrected chi connectivity index (χ4v) is 3.83. The quantitative estimate of drug-likeness (QED) is 0.741. The summed E-state index contributed by atoms with van der Waals surface area (Å²) in [6.45, 7) is 6.40. The summed E-state index contributed by atoms with van der Waals surface area (Å²) in [5, 5.41) is 0. The van der Waals surface area contributed by atoms with Gasteiger partial charge >= 0.3 is 6.03 Å². The van der Waals surface area contributed by atoms with E-state index in [9.17, 15) is 4.79 Å². The summed E-state index contributed by atoms with van der Waals surface area (Å²) >= 11 is 0. The molecule has 0 aromatic carbocycles. The van der Waals surface area contributed by atoms with Crippen molar-refractivity contribution in [1.82, 2.24) is 19.8 Å². The molecular weight excluding hydrogens is 322 g/mol. The zero-order valence-corrected chi connectivity index (χ0v) is 14.5. The first kappa shape index (κ1) is 16.5. The molecule has 1 spiro atoms. The SMILES string of the molecule is O=C(N1CCOCC1)N1CCC2(CC1)CN(c1ncccn1)CCO2. The highest BCUT2D eigenvalue weighted by atomic mass is 16.5. The van der Waals surface area contributed by atoms with Crippen LogP contribution in [-0.4, -0.2) is 90.5 Å². The van der Waals surface area contributed by atoms with Gasteiger partial charge in [0.05, 0.1) is 32.0 Å². The maximum Gasteiger partial charge on any atom is 0.320 e. The molecule has 4 rings (SSSR count). The minimum absolute atomic E-state index is 0.136. The van der Waals surface area contributed by atoms with E-state index in [2.05, 4.69) is 14.9 Å². The molecule has 0 bridgehead atoms. The Labute approximate surface area is 147 Å². The third-order valence-corrected chi connectivity index (χ3v) is 5.31. The fourth-order valence-electron chi connectivity index (χ4n) is 3.83. The minimum Gasteiger partial charge on any atom is -0.378 e. The number of hydrogen-bond donors (Lipinski definition) is 0. The molecule has 0 N–H and O–H groups in total. The normalized spacial score (nSPS) is 23.8. The maximum atomic E-state index is 12.6. The third kappa shape index (κ3) is 3.55. The zero-order valence-electron chi connectivity index (χ0n) is 14.5. The van der Waals surface area contributed by atoms with Crippen LogP contribution in [0, 0.1) is 0 Å². The smallest absolute Gasteiger partial charge is 0.320 e. The number of likely N-dealkylation sites (tertiary alicyclic amines) is 1. The van der Waals surface area contributed by atoms with Crippen molar-refractivity contribution < 1.29 is 14.3 Å². The van der Waals surface area contributed by atoms with Gasteiger partial charge in [0.15, 0.2) is 0 Å². The Morgan fingerprint density at radius 1 is 0.960 bits per heavy atom. The average Bonchev–Trinajstić information content (AvgIpc) is 2.69. The number of carbonyl (C=O) groups is 1. The van der Waals surface area contributed by atoms with Crippen LogP contribution in [0.15, 0.2) is 18.5 Å². The van der Waals surface area contributed by atoms with Gasteiger partial charge < -0.3 is 24.2 Å². The first-order valence-electron chi connectivity index (χ1n) is 9.03. The molecule has 136 valence electrons. The van der Waals surface area contributed by atoms with Crippen molar-refractivity contribution in [3.63, 3.8) is 0 Å². The lowest BCUT2D eigenvalue weighted by atomic mass is 9.89. The van der Waals surface area contributed by atoms with E-state index in [4.69, 9.17) is 9.47 Å². The molecule has 2 amide bonds. The Balaban J connectivity index is 1.36. The minimum atomic E-state index is -0.195. The van der Waals surface area contributed by atoms with E-state index in [0.717, 1.165) is 45.0 Å². The number of ether oxygens (including phenoxy) is 2. The zero-order chi connectivity index (χ0) is 17.1. The lowest BCUT2D eigenvalue weighted by Crippen LogP contribution is -2.59. The van der Waals surface area contributed by atoms with Gasteiger partial charge in [0, 0.05) is 45.1 Å². The van der Waals surface area contributed by atoms with Crippen molar-refractivity contribution in [3.8, 4) is 0 Å². The summed E-state index contributed by atoms with van der Waals surface area (Å²) in [6, 6.07) is 1.97. The molecule has 8 heteroatoms. The Morgan fingerprint density at radius 2 is 1.64 bits per heavy atom. The van der Waals surface area contributed by atoms with Gasteiger partial charge in [0.1, 0.15) is 0 Å². The number of aromatic nitrogens is 2. The van der Waals surface area contributed by atoms with Crippen LogP contribution >= 0.6 is 0 Å². The van der Waals surface area contributed by atoms with Gasteiger partial charge in [-0.1, -0.05) is 0 Å². The number of morpholine rings is 2. The van der Waals surface area contributed by atoms with Crippen LogP contribution in [-0.2, 0) is 9.47 Å². The van der Waals surface area contributed by atoms with E-state index in [1.54, 1.807) is 12.4 Å². The van der Waals surface area contributed by atoms with Gasteiger partial charge in [-0.05, 0) is 18.9 Å². The predicted octanol–water partition coefficient (Wildman–Crippen LogP) is 0.600. The molecule has 4 heterocycles. The van der Waals surface area contributed by atoms with Crippen LogP contribution in [0.5, 0.6) is 0 Å². The molecule has 1 aromatic heterocycles. The number of anilines is 1. The second-order valence-electron chi connectivity index (χ2n) is 6.87.